The summed E-state index contributed by atoms with van der Waals surface area (Å²) < 4.78 is 11.2. The highest BCUT2D eigenvalue weighted by Crippen LogP contribution is 2.24. The molecule has 1 aromatic rings. The molecule has 1 aromatic carbocycles. The summed E-state index contributed by atoms with van der Waals surface area (Å²) in [6, 6.07) is 7.12. The fraction of sp³-hybridized carbons (Fsp3) is 0.474. The van der Waals surface area contributed by atoms with Gasteiger partial charge in [-0.15, -0.1) is 0 Å². The van der Waals surface area contributed by atoms with Crippen molar-refractivity contribution in [2.75, 3.05) is 38.3 Å². The van der Waals surface area contributed by atoms with Crippen molar-refractivity contribution in [3.05, 3.63) is 42.5 Å². The molecule has 1 aliphatic rings. The molecule has 2 amide bonds. The Morgan fingerprint density at radius 2 is 2.12 bits per heavy atom. The summed E-state index contributed by atoms with van der Waals surface area (Å²) in [6.07, 6.45) is 2.75. The molecule has 3 N–H and O–H groups in total. The quantitative estimate of drug-likeness (QED) is 0.570. The number of amides is 2. The third-order valence-electron chi connectivity index (χ3n) is 4.26. The number of aliphatic hydroxyl groups is 1. The highest BCUT2D eigenvalue weighted by atomic mass is 16.5. The Morgan fingerprint density at radius 3 is 2.81 bits per heavy atom. The lowest BCUT2D eigenvalue weighted by Gasteiger charge is -2.37. The van der Waals surface area contributed by atoms with Crippen molar-refractivity contribution in [1.29, 1.82) is 0 Å². The van der Waals surface area contributed by atoms with Crippen molar-refractivity contribution in [2.45, 2.75) is 24.9 Å². The molecule has 26 heavy (non-hydrogen) atoms. The van der Waals surface area contributed by atoms with Crippen LogP contribution in [0.4, 0.5) is 5.69 Å². The molecule has 0 aliphatic carbocycles. The van der Waals surface area contributed by atoms with Gasteiger partial charge >= 0.3 is 0 Å². The molecule has 0 radical (unpaired) electrons. The van der Waals surface area contributed by atoms with E-state index in [0.717, 1.165) is 5.56 Å². The predicted molar refractivity (Wildman–Crippen MR) is 97.8 cm³/mol. The monoisotopic (exact) mass is 362 g/mol. The normalized spacial score (nSPS) is 15.9. The Hall–Kier alpha value is -2.22. The van der Waals surface area contributed by atoms with Crippen LogP contribution in [-0.4, -0.2) is 55.5 Å². The highest BCUT2D eigenvalue weighted by molar-refractivity contribution is 5.98. The van der Waals surface area contributed by atoms with E-state index in [9.17, 15) is 9.59 Å². The van der Waals surface area contributed by atoms with Crippen LogP contribution in [0.2, 0.25) is 0 Å². The minimum Gasteiger partial charge on any atom is -0.394 e. The summed E-state index contributed by atoms with van der Waals surface area (Å²) >= 11 is 0. The van der Waals surface area contributed by atoms with Gasteiger partial charge in [0.15, 0.2) is 0 Å². The minimum absolute atomic E-state index is 0.0558. The van der Waals surface area contributed by atoms with Crippen LogP contribution in [0.5, 0.6) is 0 Å². The fourth-order valence-electron chi connectivity index (χ4n) is 2.84. The Morgan fingerprint density at radius 1 is 1.35 bits per heavy atom. The zero-order valence-electron chi connectivity index (χ0n) is 14.8. The van der Waals surface area contributed by atoms with Crippen molar-refractivity contribution in [1.82, 2.24) is 5.32 Å². The summed E-state index contributed by atoms with van der Waals surface area (Å²) in [6.45, 7) is 5.12. The third kappa shape index (κ3) is 6.25. The maximum Gasteiger partial charge on any atom is 0.247 e. The van der Waals surface area contributed by atoms with Crippen LogP contribution in [0.1, 0.15) is 18.4 Å². The van der Waals surface area contributed by atoms with Gasteiger partial charge in [-0.3, -0.25) is 9.59 Å². The number of aliphatic hydroxyl groups excluding tert-OH is 1. The lowest BCUT2D eigenvalue weighted by molar-refractivity contribution is -0.130. The first kappa shape index (κ1) is 20.1. The molecule has 0 unspecified atom stereocenters. The number of rotatable bonds is 9. The molecular formula is C19H26N2O5. The number of ether oxygens (including phenoxy) is 2. The number of hydrogen-bond acceptors (Lipinski definition) is 5. The van der Waals surface area contributed by atoms with Gasteiger partial charge in [0, 0.05) is 38.3 Å². The van der Waals surface area contributed by atoms with Gasteiger partial charge in [-0.25, -0.2) is 0 Å². The van der Waals surface area contributed by atoms with Gasteiger partial charge in [-0.1, -0.05) is 18.7 Å². The van der Waals surface area contributed by atoms with E-state index in [2.05, 4.69) is 17.2 Å². The third-order valence-corrected chi connectivity index (χ3v) is 4.26. The number of nitrogens with one attached hydrogen (secondary N) is 2. The summed E-state index contributed by atoms with van der Waals surface area (Å²) in [5, 5.41) is 14.6. The van der Waals surface area contributed by atoms with E-state index < -0.39 is 5.60 Å². The first-order valence-electron chi connectivity index (χ1n) is 8.68. The van der Waals surface area contributed by atoms with E-state index in [0.29, 0.717) is 38.3 Å². The topological polar surface area (TPSA) is 96.9 Å². The zero-order chi connectivity index (χ0) is 18.8. The number of carbonyl (C=O) groups excluding carboxylic acids is 2. The Balaban J connectivity index is 1.90. The minimum atomic E-state index is -0.490. The Kier molecular flexibility index (Phi) is 7.77. The molecule has 1 saturated heterocycles. The molecule has 0 atom stereocenters. The number of carbonyl (C=O) groups is 2. The second-order valence-corrected chi connectivity index (χ2v) is 6.21. The zero-order valence-corrected chi connectivity index (χ0v) is 14.8. The maximum atomic E-state index is 12.3. The maximum absolute atomic E-state index is 12.3. The van der Waals surface area contributed by atoms with Gasteiger partial charge in [-0.2, -0.15) is 0 Å². The lowest BCUT2D eigenvalue weighted by Crippen LogP contribution is -2.49. The largest absolute Gasteiger partial charge is 0.394 e. The molecule has 7 heteroatoms. The molecule has 142 valence electrons. The van der Waals surface area contributed by atoms with Gasteiger partial charge < -0.3 is 25.2 Å². The molecule has 7 nitrogen and oxygen atoms in total. The van der Waals surface area contributed by atoms with E-state index >= 15 is 0 Å². The van der Waals surface area contributed by atoms with Crippen molar-refractivity contribution in [2.24, 2.45) is 0 Å². The number of hydrogen-bond donors (Lipinski definition) is 3. The average Bonchev–Trinajstić information content (AvgIpc) is 2.66. The second kappa shape index (κ2) is 10.1. The van der Waals surface area contributed by atoms with Gasteiger partial charge in [0.2, 0.25) is 11.8 Å². The summed E-state index contributed by atoms with van der Waals surface area (Å²) in [5.41, 5.74) is 0.921. The van der Waals surface area contributed by atoms with Crippen LogP contribution in [0.15, 0.2) is 36.9 Å². The molecule has 0 spiro atoms. The highest BCUT2D eigenvalue weighted by Gasteiger charge is 2.33. The summed E-state index contributed by atoms with van der Waals surface area (Å²) in [4.78, 5) is 23.7. The summed E-state index contributed by atoms with van der Waals surface area (Å²) in [5.74, 6) is -0.426. The van der Waals surface area contributed by atoms with Crippen LogP contribution in [0.3, 0.4) is 0 Å². The second-order valence-electron chi connectivity index (χ2n) is 6.21. The predicted octanol–water partition coefficient (Wildman–Crippen LogP) is 1.03. The van der Waals surface area contributed by atoms with E-state index in [1.54, 1.807) is 18.2 Å². The van der Waals surface area contributed by atoms with Gasteiger partial charge in [0.1, 0.15) is 0 Å². The van der Waals surface area contributed by atoms with Crippen LogP contribution in [-0.2, 0) is 25.5 Å². The molecule has 2 rings (SSSR count). The fourth-order valence-corrected chi connectivity index (χ4v) is 2.84. The van der Waals surface area contributed by atoms with Crippen molar-refractivity contribution < 1.29 is 24.2 Å². The molecule has 1 heterocycles. The van der Waals surface area contributed by atoms with Gasteiger partial charge in [0.25, 0.3) is 0 Å². The van der Waals surface area contributed by atoms with Crippen LogP contribution in [0, 0.1) is 0 Å². The Labute approximate surface area is 153 Å². The molecule has 0 aromatic heterocycles. The van der Waals surface area contributed by atoms with E-state index in [1.807, 2.05) is 6.07 Å². The smallest absolute Gasteiger partial charge is 0.247 e. The first-order chi connectivity index (χ1) is 12.6. The van der Waals surface area contributed by atoms with Crippen molar-refractivity contribution >= 4 is 17.5 Å². The molecule has 1 aliphatic heterocycles. The van der Waals surface area contributed by atoms with Crippen molar-refractivity contribution in [3.63, 3.8) is 0 Å². The Bertz CT molecular complexity index is 626. The van der Waals surface area contributed by atoms with E-state index in [1.165, 1.54) is 6.08 Å². The number of benzene rings is 1. The molecule has 1 fully saturated rings. The van der Waals surface area contributed by atoms with Crippen molar-refractivity contribution in [3.8, 4) is 0 Å². The molecule has 0 saturated carbocycles. The number of anilines is 1. The first-order valence-corrected chi connectivity index (χ1v) is 8.68. The van der Waals surface area contributed by atoms with Gasteiger partial charge in [0.05, 0.1) is 25.2 Å². The van der Waals surface area contributed by atoms with E-state index in [-0.39, 0.29) is 31.4 Å². The van der Waals surface area contributed by atoms with Gasteiger partial charge in [-0.05, 0) is 23.8 Å². The lowest BCUT2D eigenvalue weighted by atomic mass is 9.93. The van der Waals surface area contributed by atoms with Crippen LogP contribution >= 0.6 is 0 Å². The molecular weight excluding hydrogens is 336 g/mol. The molecule has 0 bridgehead atoms. The van der Waals surface area contributed by atoms with E-state index in [4.69, 9.17) is 14.6 Å². The van der Waals surface area contributed by atoms with Crippen LogP contribution < -0.4 is 10.6 Å². The average molecular weight is 362 g/mol. The van der Waals surface area contributed by atoms with Crippen LogP contribution in [0.25, 0.3) is 0 Å². The summed E-state index contributed by atoms with van der Waals surface area (Å²) in [7, 11) is 0. The standard InChI is InChI=1S/C19H26N2O5/c1-2-17(23)21-16-5-3-4-15(12-16)13-18(24)20-14-19(26-11-8-22)6-9-25-10-7-19/h2-5,12,22H,1,6-11,13-14H2,(H,20,24)(H,21,23). The SMILES string of the molecule is C=CC(=O)Nc1cccc(CC(=O)NCC2(OCCO)CCOCC2)c1.